The van der Waals surface area contributed by atoms with Crippen LogP contribution in [0, 0.1) is 22.7 Å². The molecule has 0 radical (unpaired) electrons. The lowest BCUT2D eigenvalue weighted by Crippen LogP contribution is -2.50. The van der Waals surface area contributed by atoms with Gasteiger partial charge >= 0.3 is 6.18 Å². The average Bonchev–Trinajstić information content (AvgIpc) is 2.26. The number of aliphatic hydroxyl groups is 1. The summed E-state index contributed by atoms with van der Waals surface area (Å²) >= 11 is 0. The molecule has 0 saturated heterocycles. The predicted molar refractivity (Wildman–Crippen MR) is 57.0 cm³/mol. The van der Waals surface area contributed by atoms with E-state index in [1.165, 1.54) is 0 Å². The molecule has 17 heavy (non-hydrogen) atoms. The Morgan fingerprint density at radius 3 is 2.47 bits per heavy atom. The third-order valence-electron chi connectivity index (χ3n) is 4.17. The standard InChI is InChI=1S/C12H18F3NO/c1-3-10(2,8-16)11(17)6-4-5-9(7-11)12(13,14)15/h9,17H,3-7H2,1-2H3. The van der Waals surface area contributed by atoms with Gasteiger partial charge in [0.15, 0.2) is 0 Å². The second-order valence-corrected chi connectivity index (χ2v) is 5.16. The van der Waals surface area contributed by atoms with Gasteiger partial charge in [-0.25, -0.2) is 0 Å². The van der Waals surface area contributed by atoms with Gasteiger partial charge in [-0.05, 0) is 39.0 Å². The molecule has 1 saturated carbocycles. The highest BCUT2D eigenvalue weighted by Gasteiger charge is 2.54. The van der Waals surface area contributed by atoms with Crippen molar-refractivity contribution in [3.63, 3.8) is 0 Å². The second kappa shape index (κ2) is 4.49. The lowest BCUT2D eigenvalue weighted by molar-refractivity contribution is -0.211. The molecule has 3 atom stereocenters. The lowest BCUT2D eigenvalue weighted by atomic mass is 9.63. The van der Waals surface area contributed by atoms with Crippen molar-refractivity contribution in [2.45, 2.75) is 57.7 Å². The molecule has 98 valence electrons. The van der Waals surface area contributed by atoms with Crippen molar-refractivity contribution in [3.8, 4) is 6.07 Å². The summed E-state index contributed by atoms with van der Waals surface area (Å²) in [5.41, 5.74) is -2.62. The fourth-order valence-corrected chi connectivity index (χ4v) is 2.55. The number of nitrogens with zero attached hydrogens (tertiary/aromatic N) is 1. The molecule has 1 fully saturated rings. The van der Waals surface area contributed by atoms with Gasteiger partial charge in [0.05, 0.1) is 23.0 Å². The summed E-state index contributed by atoms with van der Waals surface area (Å²) in [5, 5.41) is 19.5. The van der Waals surface area contributed by atoms with Crippen molar-refractivity contribution in [1.82, 2.24) is 0 Å². The number of nitriles is 1. The molecule has 0 bridgehead atoms. The first kappa shape index (κ1) is 14.3. The maximum Gasteiger partial charge on any atom is 0.391 e. The van der Waals surface area contributed by atoms with E-state index in [-0.39, 0.29) is 19.3 Å². The van der Waals surface area contributed by atoms with E-state index < -0.39 is 23.1 Å². The molecule has 0 heterocycles. The lowest BCUT2D eigenvalue weighted by Gasteiger charge is -2.45. The zero-order chi connectivity index (χ0) is 13.3. The van der Waals surface area contributed by atoms with Crippen LogP contribution in [0.2, 0.25) is 0 Å². The second-order valence-electron chi connectivity index (χ2n) is 5.16. The molecule has 1 aliphatic carbocycles. The molecule has 0 aromatic heterocycles. The van der Waals surface area contributed by atoms with E-state index in [1.54, 1.807) is 13.8 Å². The van der Waals surface area contributed by atoms with E-state index in [0.29, 0.717) is 12.8 Å². The van der Waals surface area contributed by atoms with Gasteiger partial charge in [-0.2, -0.15) is 18.4 Å². The number of hydrogen-bond donors (Lipinski definition) is 1. The van der Waals surface area contributed by atoms with Gasteiger partial charge in [-0.1, -0.05) is 6.92 Å². The Bertz CT molecular complexity index is 323. The fraction of sp³-hybridized carbons (Fsp3) is 0.917. The Hall–Kier alpha value is -0.760. The van der Waals surface area contributed by atoms with Crippen LogP contribution in [-0.4, -0.2) is 16.9 Å². The van der Waals surface area contributed by atoms with Crippen LogP contribution in [0.1, 0.15) is 46.0 Å². The van der Waals surface area contributed by atoms with Crippen molar-refractivity contribution < 1.29 is 18.3 Å². The van der Waals surface area contributed by atoms with Gasteiger partial charge in [0.1, 0.15) is 0 Å². The van der Waals surface area contributed by atoms with E-state index in [4.69, 9.17) is 5.26 Å². The molecule has 5 heteroatoms. The fourth-order valence-electron chi connectivity index (χ4n) is 2.55. The molecular weight excluding hydrogens is 231 g/mol. The summed E-state index contributed by atoms with van der Waals surface area (Å²) in [6.45, 7) is 3.27. The van der Waals surface area contributed by atoms with Crippen LogP contribution < -0.4 is 0 Å². The maximum atomic E-state index is 12.7. The van der Waals surface area contributed by atoms with Crippen LogP contribution in [0.3, 0.4) is 0 Å². The van der Waals surface area contributed by atoms with Gasteiger partial charge < -0.3 is 5.11 Å². The Morgan fingerprint density at radius 2 is 2.06 bits per heavy atom. The summed E-state index contributed by atoms with van der Waals surface area (Å²) in [4.78, 5) is 0. The minimum atomic E-state index is -4.28. The van der Waals surface area contributed by atoms with Crippen molar-refractivity contribution in [1.29, 1.82) is 5.26 Å². The van der Waals surface area contributed by atoms with Crippen molar-refractivity contribution >= 4 is 0 Å². The highest BCUT2D eigenvalue weighted by atomic mass is 19.4. The Morgan fingerprint density at radius 1 is 1.47 bits per heavy atom. The zero-order valence-corrected chi connectivity index (χ0v) is 10.1. The first-order valence-corrected chi connectivity index (χ1v) is 5.89. The number of alkyl halides is 3. The van der Waals surface area contributed by atoms with Crippen LogP contribution in [0.5, 0.6) is 0 Å². The first-order chi connectivity index (χ1) is 7.68. The first-order valence-electron chi connectivity index (χ1n) is 5.89. The minimum absolute atomic E-state index is 0.0526. The molecule has 2 nitrogen and oxygen atoms in total. The summed E-state index contributed by atoms with van der Waals surface area (Å²) in [6, 6.07) is 1.99. The van der Waals surface area contributed by atoms with E-state index in [0.717, 1.165) is 0 Å². The molecular formula is C12H18F3NO. The summed E-state index contributed by atoms with van der Waals surface area (Å²) in [7, 11) is 0. The van der Waals surface area contributed by atoms with Crippen LogP contribution in [0.25, 0.3) is 0 Å². The summed E-state index contributed by atoms with van der Waals surface area (Å²) < 4.78 is 38.1. The summed E-state index contributed by atoms with van der Waals surface area (Å²) in [5.74, 6) is -1.49. The van der Waals surface area contributed by atoms with Crippen molar-refractivity contribution in [2.75, 3.05) is 0 Å². The molecule has 1 rings (SSSR count). The molecule has 1 aliphatic rings. The van der Waals surface area contributed by atoms with E-state index in [1.807, 2.05) is 6.07 Å². The summed E-state index contributed by atoms with van der Waals surface area (Å²) in [6.07, 6.45) is -3.63. The van der Waals surface area contributed by atoms with Gasteiger partial charge in [-0.3, -0.25) is 0 Å². The highest BCUT2D eigenvalue weighted by molar-refractivity contribution is 5.10. The van der Waals surface area contributed by atoms with Gasteiger partial charge in [0, 0.05) is 0 Å². The van der Waals surface area contributed by atoms with Crippen LogP contribution >= 0.6 is 0 Å². The van der Waals surface area contributed by atoms with Gasteiger partial charge in [-0.15, -0.1) is 0 Å². The third-order valence-corrected chi connectivity index (χ3v) is 4.17. The predicted octanol–water partition coefficient (Wildman–Crippen LogP) is 3.41. The Labute approximate surface area is 99.4 Å². The van der Waals surface area contributed by atoms with Crippen LogP contribution in [0.15, 0.2) is 0 Å². The van der Waals surface area contributed by atoms with Crippen molar-refractivity contribution in [3.05, 3.63) is 0 Å². The molecule has 3 unspecified atom stereocenters. The maximum absolute atomic E-state index is 12.7. The SMILES string of the molecule is CCC(C)(C#N)C1(O)CCCC(C(F)(F)F)C1. The van der Waals surface area contributed by atoms with Crippen LogP contribution in [-0.2, 0) is 0 Å². The average molecular weight is 249 g/mol. The topological polar surface area (TPSA) is 44.0 Å². The third kappa shape index (κ3) is 2.57. The highest BCUT2D eigenvalue weighted by Crippen LogP contribution is 2.49. The number of hydrogen-bond acceptors (Lipinski definition) is 2. The van der Waals surface area contributed by atoms with Crippen molar-refractivity contribution in [2.24, 2.45) is 11.3 Å². The molecule has 0 aromatic rings. The van der Waals surface area contributed by atoms with E-state index in [2.05, 4.69) is 0 Å². The molecule has 0 amide bonds. The van der Waals surface area contributed by atoms with Gasteiger partial charge in [0.25, 0.3) is 0 Å². The number of halogens is 3. The quantitative estimate of drug-likeness (QED) is 0.815. The molecule has 1 N–H and O–H groups in total. The Kier molecular flexibility index (Phi) is 3.78. The van der Waals surface area contributed by atoms with Crippen LogP contribution in [0.4, 0.5) is 13.2 Å². The molecule has 0 aliphatic heterocycles. The molecule has 0 aromatic carbocycles. The zero-order valence-electron chi connectivity index (χ0n) is 10.1. The normalized spacial score (nSPS) is 33.8. The monoisotopic (exact) mass is 249 g/mol. The molecule has 0 spiro atoms. The number of rotatable bonds is 2. The smallest absolute Gasteiger partial charge is 0.388 e. The largest absolute Gasteiger partial charge is 0.391 e. The van der Waals surface area contributed by atoms with Gasteiger partial charge in [0.2, 0.25) is 0 Å². The van der Waals surface area contributed by atoms with E-state index in [9.17, 15) is 18.3 Å². The Balaban J connectivity index is 2.95. The minimum Gasteiger partial charge on any atom is -0.388 e. The van der Waals surface area contributed by atoms with E-state index >= 15 is 0 Å².